The molecule has 0 radical (unpaired) electrons. The third-order valence-corrected chi connectivity index (χ3v) is 2.05. The maximum Gasteiger partial charge on any atom is 0.235 e. The largest absolute Gasteiger partial charge is 0.325 e. The molecular weight excluding hydrogens is 168 g/mol. The van der Waals surface area contributed by atoms with Gasteiger partial charge in [-0.2, -0.15) is 0 Å². The molecule has 0 unspecified atom stereocenters. The summed E-state index contributed by atoms with van der Waals surface area (Å²) in [4.78, 5) is 14.4. The molecule has 0 saturated heterocycles. The lowest BCUT2D eigenvalue weighted by atomic mass is 10.5. The van der Waals surface area contributed by atoms with Gasteiger partial charge in [-0.25, -0.2) is 4.98 Å². The Kier molecular flexibility index (Phi) is 2.42. The first-order chi connectivity index (χ1) is 4.74. The van der Waals surface area contributed by atoms with Gasteiger partial charge in [0.1, 0.15) is 10.7 Å². The normalized spacial score (nSPS) is 9.80. The van der Waals surface area contributed by atoms with Gasteiger partial charge >= 0.3 is 0 Å². The van der Waals surface area contributed by atoms with Crippen molar-refractivity contribution in [3.8, 4) is 0 Å². The number of hydrogen-bond donors (Lipinski definition) is 2. The van der Waals surface area contributed by atoms with E-state index in [1.54, 1.807) is 5.38 Å². The molecule has 0 aliphatic carbocycles. The topological polar surface area (TPSA) is 56.0 Å². The average molecular weight is 174 g/mol. The van der Waals surface area contributed by atoms with E-state index >= 15 is 0 Å². The van der Waals surface area contributed by atoms with Crippen LogP contribution in [0.15, 0.2) is 5.38 Å². The monoisotopic (exact) mass is 174 g/mol. The Morgan fingerprint density at radius 3 is 2.90 bits per heavy atom. The number of nitrogens with two attached hydrogens (primary N) is 1. The van der Waals surface area contributed by atoms with Crippen LogP contribution < -0.4 is 5.73 Å². The van der Waals surface area contributed by atoms with Gasteiger partial charge in [0.2, 0.25) is 5.12 Å². The van der Waals surface area contributed by atoms with Crippen molar-refractivity contribution < 1.29 is 4.79 Å². The zero-order valence-electron chi connectivity index (χ0n) is 5.07. The number of thiol groups is 1. The highest BCUT2D eigenvalue weighted by Gasteiger charge is 2.04. The van der Waals surface area contributed by atoms with Gasteiger partial charge in [0.25, 0.3) is 0 Å². The molecule has 2 N–H and O–H groups in total. The minimum atomic E-state index is -0.309. The first-order valence-corrected chi connectivity index (χ1v) is 3.94. The van der Waals surface area contributed by atoms with E-state index in [-0.39, 0.29) is 5.12 Å². The molecule has 5 heteroatoms. The Morgan fingerprint density at radius 2 is 2.60 bits per heavy atom. The van der Waals surface area contributed by atoms with Crippen molar-refractivity contribution in [1.29, 1.82) is 0 Å². The van der Waals surface area contributed by atoms with E-state index < -0.39 is 0 Å². The molecule has 3 nitrogen and oxygen atoms in total. The van der Waals surface area contributed by atoms with E-state index in [1.807, 2.05) is 0 Å². The zero-order valence-corrected chi connectivity index (χ0v) is 6.78. The number of carbonyl (C=O) groups is 1. The summed E-state index contributed by atoms with van der Waals surface area (Å²) in [6, 6.07) is 0. The average Bonchev–Trinajstić information content (AvgIpc) is 2.34. The maximum atomic E-state index is 10.5. The number of carbonyl (C=O) groups excluding carboxylic acids is 1. The molecule has 10 heavy (non-hydrogen) atoms. The summed E-state index contributed by atoms with van der Waals surface area (Å²) in [5.41, 5.74) is 5.66. The van der Waals surface area contributed by atoms with Crippen molar-refractivity contribution in [2.24, 2.45) is 5.73 Å². The fraction of sp³-hybridized carbons (Fsp3) is 0.200. The van der Waals surface area contributed by atoms with Crippen LogP contribution in [0.3, 0.4) is 0 Å². The first-order valence-electron chi connectivity index (χ1n) is 2.62. The van der Waals surface area contributed by atoms with Crippen LogP contribution in [0.5, 0.6) is 0 Å². The highest BCUT2D eigenvalue weighted by Crippen LogP contribution is 2.09. The smallest absolute Gasteiger partial charge is 0.235 e. The number of aromatic nitrogens is 1. The molecule has 0 fully saturated rings. The molecule has 0 aliphatic heterocycles. The second kappa shape index (κ2) is 3.14. The Morgan fingerprint density at radius 1 is 1.90 bits per heavy atom. The van der Waals surface area contributed by atoms with Gasteiger partial charge in [0.15, 0.2) is 0 Å². The number of thiazole rings is 1. The van der Waals surface area contributed by atoms with Crippen LogP contribution in [0.2, 0.25) is 0 Å². The Balaban J connectivity index is 2.88. The lowest BCUT2D eigenvalue weighted by molar-refractivity contribution is 0.108. The van der Waals surface area contributed by atoms with Gasteiger partial charge in [-0.1, -0.05) is 12.6 Å². The molecule has 1 aromatic heterocycles. The van der Waals surface area contributed by atoms with Gasteiger partial charge in [0.05, 0.1) is 0 Å². The predicted octanol–water partition coefficient (Wildman–Crippen LogP) is 0.672. The summed E-state index contributed by atoms with van der Waals surface area (Å²) in [6.07, 6.45) is 0. The first kappa shape index (κ1) is 7.71. The second-order valence-electron chi connectivity index (χ2n) is 1.64. The Hall–Kier alpha value is -0.390. The summed E-state index contributed by atoms with van der Waals surface area (Å²) in [5, 5.41) is 2.10. The van der Waals surface area contributed by atoms with Crippen LogP contribution in [0.4, 0.5) is 0 Å². The van der Waals surface area contributed by atoms with E-state index in [4.69, 9.17) is 5.73 Å². The number of rotatable bonds is 2. The van der Waals surface area contributed by atoms with E-state index in [9.17, 15) is 4.79 Å². The standard InChI is InChI=1S/C5H6N2OS2/c6-1-4-7-3(2-10-4)5(8)9/h2H,1,6H2,(H,8,9). The van der Waals surface area contributed by atoms with E-state index in [0.29, 0.717) is 12.2 Å². The highest BCUT2D eigenvalue weighted by atomic mass is 32.1. The van der Waals surface area contributed by atoms with Crippen molar-refractivity contribution in [2.75, 3.05) is 0 Å². The van der Waals surface area contributed by atoms with Crippen molar-refractivity contribution in [3.05, 3.63) is 16.1 Å². The lowest BCUT2D eigenvalue weighted by Crippen LogP contribution is -1.96. The van der Waals surface area contributed by atoms with Crippen LogP contribution in [-0.4, -0.2) is 10.1 Å². The van der Waals surface area contributed by atoms with Crippen molar-refractivity contribution in [1.82, 2.24) is 4.98 Å². The molecule has 0 aliphatic rings. The fourth-order valence-corrected chi connectivity index (χ4v) is 1.36. The fourth-order valence-electron chi connectivity index (χ4n) is 0.503. The van der Waals surface area contributed by atoms with Crippen molar-refractivity contribution >= 4 is 29.1 Å². The molecule has 1 heterocycles. The van der Waals surface area contributed by atoms with Gasteiger partial charge in [-0.05, 0) is 0 Å². The molecular formula is C5H6N2OS2. The second-order valence-corrected chi connectivity index (χ2v) is 2.98. The maximum absolute atomic E-state index is 10.5. The van der Waals surface area contributed by atoms with E-state index in [2.05, 4.69) is 17.6 Å². The highest BCUT2D eigenvalue weighted by molar-refractivity contribution is 7.97. The van der Waals surface area contributed by atoms with Gasteiger partial charge < -0.3 is 5.73 Å². The van der Waals surface area contributed by atoms with Crippen LogP contribution in [0, 0.1) is 0 Å². The van der Waals surface area contributed by atoms with E-state index in [0.717, 1.165) is 5.01 Å². The van der Waals surface area contributed by atoms with Gasteiger partial charge in [-0.3, -0.25) is 4.79 Å². The summed E-state index contributed by atoms with van der Waals surface area (Å²) in [7, 11) is 0. The summed E-state index contributed by atoms with van der Waals surface area (Å²) < 4.78 is 0. The molecule has 0 bridgehead atoms. The third kappa shape index (κ3) is 1.56. The van der Waals surface area contributed by atoms with Crippen molar-refractivity contribution in [3.63, 3.8) is 0 Å². The number of nitrogens with zero attached hydrogens (tertiary/aromatic N) is 1. The Bertz CT molecular complexity index is 246. The lowest BCUT2D eigenvalue weighted by Gasteiger charge is -1.82. The molecule has 0 spiro atoms. The number of hydrogen-bond acceptors (Lipinski definition) is 4. The van der Waals surface area contributed by atoms with Crippen molar-refractivity contribution in [2.45, 2.75) is 6.54 Å². The van der Waals surface area contributed by atoms with E-state index in [1.165, 1.54) is 11.3 Å². The quantitative estimate of drug-likeness (QED) is 0.648. The van der Waals surface area contributed by atoms with Gasteiger partial charge in [-0.15, -0.1) is 11.3 Å². The molecule has 1 aromatic rings. The summed E-state index contributed by atoms with van der Waals surface area (Å²) in [5.74, 6) is 0. The summed E-state index contributed by atoms with van der Waals surface area (Å²) in [6.45, 7) is 0.381. The van der Waals surface area contributed by atoms with Gasteiger partial charge in [0, 0.05) is 11.9 Å². The zero-order chi connectivity index (χ0) is 7.56. The van der Waals surface area contributed by atoms with Crippen LogP contribution in [-0.2, 0) is 6.54 Å². The minimum absolute atomic E-state index is 0.309. The van der Waals surface area contributed by atoms with Crippen LogP contribution in [0.1, 0.15) is 15.5 Å². The minimum Gasteiger partial charge on any atom is -0.325 e. The predicted molar refractivity (Wildman–Crippen MR) is 43.3 cm³/mol. The Labute approximate surface area is 67.7 Å². The molecule has 0 saturated carbocycles. The molecule has 54 valence electrons. The molecule has 1 rings (SSSR count). The SMILES string of the molecule is NCc1nc(C(=O)S)cs1. The molecule has 0 amide bonds. The molecule has 0 atom stereocenters. The van der Waals surface area contributed by atoms with Crippen LogP contribution >= 0.6 is 24.0 Å². The third-order valence-electron chi connectivity index (χ3n) is 0.945. The molecule has 0 aromatic carbocycles. The summed E-state index contributed by atoms with van der Waals surface area (Å²) >= 11 is 4.98. The van der Waals surface area contributed by atoms with Crippen LogP contribution in [0.25, 0.3) is 0 Å².